The van der Waals surface area contributed by atoms with Gasteiger partial charge in [0.15, 0.2) is 0 Å². The third-order valence-corrected chi connectivity index (χ3v) is 6.43. The number of aromatic hydroxyl groups is 1. The lowest BCUT2D eigenvalue weighted by atomic mass is 10.0. The van der Waals surface area contributed by atoms with Gasteiger partial charge in [0.2, 0.25) is 17.7 Å². The predicted octanol–water partition coefficient (Wildman–Crippen LogP) is 0.648. The van der Waals surface area contributed by atoms with Crippen LogP contribution >= 0.6 is 0 Å². The minimum Gasteiger partial charge on any atom is -0.508 e. The Labute approximate surface area is 240 Å². The highest BCUT2D eigenvalue weighted by Crippen LogP contribution is 2.11. The highest BCUT2D eigenvalue weighted by molar-refractivity contribution is 5.87. The van der Waals surface area contributed by atoms with Crippen LogP contribution in [0.2, 0.25) is 0 Å². The Kier molecular flexibility index (Phi) is 20.3. The van der Waals surface area contributed by atoms with Gasteiger partial charge in [-0.15, -0.1) is 0 Å². The molecule has 0 saturated heterocycles. The van der Waals surface area contributed by atoms with E-state index in [1.807, 2.05) is 6.92 Å². The van der Waals surface area contributed by atoms with Crippen LogP contribution in [0.3, 0.4) is 0 Å². The first-order valence-corrected chi connectivity index (χ1v) is 14.9. The zero-order valence-corrected chi connectivity index (χ0v) is 24.3. The number of phenolic OH excluding ortho intramolecular Hbond substituents is 1. The number of rotatable bonds is 24. The van der Waals surface area contributed by atoms with Crippen LogP contribution in [0.15, 0.2) is 24.3 Å². The van der Waals surface area contributed by atoms with E-state index in [1.54, 1.807) is 24.3 Å². The van der Waals surface area contributed by atoms with Crippen molar-refractivity contribution in [3.63, 3.8) is 0 Å². The highest BCUT2D eigenvalue weighted by Gasteiger charge is 2.20. The molecular formula is C29H53N7O4. The molecule has 0 heterocycles. The van der Waals surface area contributed by atoms with Gasteiger partial charge in [-0.1, -0.05) is 25.5 Å². The number of carbonyl (C=O) groups excluding carboxylic acids is 3. The van der Waals surface area contributed by atoms with E-state index in [-0.39, 0.29) is 23.5 Å². The van der Waals surface area contributed by atoms with Crippen molar-refractivity contribution in [1.29, 1.82) is 0 Å². The Balaban J connectivity index is 2.07. The Morgan fingerprint density at radius 1 is 0.800 bits per heavy atom. The van der Waals surface area contributed by atoms with Gasteiger partial charge in [-0.3, -0.25) is 14.4 Å². The molecule has 3 amide bonds. The number of nitrogens with two attached hydrogens (primary N) is 2. The van der Waals surface area contributed by atoms with Crippen LogP contribution in [0.1, 0.15) is 70.3 Å². The Morgan fingerprint density at radius 3 is 1.95 bits per heavy atom. The van der Waals surface area contributed by atoms with Crippen molar-refractivity contribution in [2.75, 3.05) is 45.8 Å². The fourth-order valence-electron chi connectivity index (χ4n) is 4.06. The minimum atomic E-state index is -0.649. The molecule has 11 nitrogen and oxygen atoms in total. The van der Waals surface area contributed by atoms with E-state index >= 15 is 0 Å². The Hall–Kier alpha value is -2.73. The molecule has 0 spiro atoms. The molecule has 0 aliphatic carbocycles. The summed E-state index contributed by atoms with van der Waals surface area (Å²) in [7, 11) is 0. The monoisotopic (exact) mass is 563 g/mol. The van der Waals surface area contributed by atoms with Crippen LogP contribution in [-0.2, 0) is 20.8 Å². The number of nitrogens with one attached hydrogen (secondary N) is 5. The molecule has 0 saturated carbocycles. The van der Waals surface area contributed by atoms with Crippen molar-refractivity contribution in [1.82, 2.24) is 26.6 Å². The maximum absolute atomic E-state index is 12.7. The second kappa shape index (κ2) is 23.0. The van der Waals surface area contributed by atoms with Crippen LogP contribution in [0.5, 0.6) is 5.75 Å². The number of benzene rings is 1. The van der Waals surface area contributed by atoms with Crippen LogP contribution in [-0.4, -0.2) is 80.7 Å². The first-order valence-electron chi connectivity index (χ1n) is 14.9. The number of amides is 3. The van der Waals surface area contributed by atoms with E-state index in [1.165, 1.54) is 0 Å². The van der Waals surface area contributed by atoms with Crippen LogP contribution in [0.25, 0.3) is 0 Å². The lowest BCUT2D eigenvalue weighted by Crippen LogP contribution is -2.48. The molecule has 2 atom stereocenters. The molecule has 0 fully saturated rings. The molecule has 1 rings (SSSR count). The number of hydrogen-bond donors (Lipinski definition) is 8. The molecule has 1 aromatic rings. The molecule has 0 unspecified atom stereocenters. The maximum Gasteiger partial charge on any atom is 0.242 e. The van der Waals surface area contributed by atoms with Gasteiger partial charge in [0.05, 0.1) is 6.04 Å². The van der Waals surface area contributed by atoms with Crippen molar-refractivity contribution >= 4 is 17.7 Å². The van der Waals surface area contributed by atoms with Crippen molar-refractivity contribution in [3.05, 3.63) is 29.8 Å². The lowest BCUT2D eigenvalue weighted by molar-refractivity contribution is -0.129. The Bertz CT molecular complexity index is 823. The van der Waals surface area contributed by atoms with Crippen molar-refractivity contribution in [2.24, 2.45) is 11.5 Å². The van der Waals surface area contributed by atoms with Crippen molar-refractivity contribution in [3.8, 4) is 5.75 Å². The SMILES string of the molecule is CCCC(=O)N[C@@H](Cc1ccc(O)cc1)C(=O)NCCCNCCCCNCCCNC(=O)[C@H](N)CCCCN. The van der Waals surface area contributed by atoms with Crippen molar-refractivity contribution < 1.29 is 19.5 Å². The number of phenols is 1. The molecule has 0 aliphatic heterocycles. The summed E-state index contributed by atoms with van der Waals surface area (Å²) >= 11 is 0. The topological polar surface area (TPSA) is 184 Å². The molecule has 0 aromatic heterocycles. The summed E-state index contributed by atoms with van der Waals surface area (Å²) < 4.78 is 0. The zero-order chi connectivity index (χ0) is 29.4. The summed E-state index contributed by atoms with van der Waals surface area (Å²) in [4.78, 5) is 36.7. The second-order valence-corrected chi connectivity index (χ2v) is 10.1. The average Bonchev–Trinajstić information content (AvgIpc) is 2.93. The standard InChI is InChI=1S/C29H53N7O4/c1-2-9-27(38)36-26(22-23-11-13-24(37)14-12-23)29(40)35-21-8-19-33-17-6-5-16-32-18-7-20-34-28(39)25(31)10-3-4-15-30/h11-14,25-26,32-33,37H,2-10,15-22,30-31H2,1H3,(H,34,39)(H,35,40)(H,36,38)/t25-,26+/m1/s1. The van der Waals surface area contributed by atoms with E-state index in [4.69, 9.17) is 11.5 Å². The summed E-state index contributed by atoms with van der Waals surface area (Å²) in [6.07, 6.45) is 7.66. The molecule has 40 heavy (non-hydrogen) atoms. The summed E-state index contributed by atoms with van der Waals surface area (Å²) in [6.45, 7) is 7.18. The molecule has 10 N–H and O–H groups in total. The number of hydrogen-bond acceptors (Lipinski definition) is 8. The predicted molar refractivity (Wildman–Crippen MR) is 160 cm³/mol. The second-order valence-electron chi connectivity index (χ2n) is 10.1. The number of carbonyl (C=O) groups is 3. The minimum absolute atomic E-state index is 0.0877. The van der Waals surface area contributed by atoms with E-state index in [0.717, 1.165) is 70.3 Å². The van der Waals surface area contributed by atoms with Crippen LogP contribution < -0.4 is 38.1 Å². The lowest BCUT2D eigenvalue weighted by Gasteiger charge is -2.19. The van der Waals surface area contributed by atoms with Crippen LogP contribution in [0, 0.1) is 0 Å². The first-order chi connectivity index (χ1) is 19.4. The third kappa shape index (κ3) is 17.8. The van der Waals surface area contributed by atoms with Gasteiger partial charge in [-0.05, 0) is 95.4 Å². The van der Waals surface area contributed by atoms with Gasteiger partial charge in [0.1, 0.15) is 11.8 Å². The van der Waals surface area contributed by atoms with E-state index < -0.39 is 12.1 Å². The zero-order valence-electron chi connectivity index (χ0n) is 24.3. The van der Waals surface area contributed by atoms with Crippen molar-refractivity contribution in [2.45, 2.75) is 83.2 Å². The number of unbranched alkanes of at least 4 members (excludes halogenated alkanes) is 2. The highest BCUT2D eigenvalue weighted by atomic mass is 16.3. The van der Waals surface area contributed by atoms with Gasteiger partial charge >= 0.3 is 0 Å². The van der Waals surface area contributed by atoms with Gasteiger partial charge in [0, 0.05) is 25.9 Å². The largest absolute Gasteiger partial charge is 0.508 e. The fraction of sp³-hybridized carbons (Fsp3) is 0.690. The molecule has 11 heteroatoms. The van der Waals surface area contributed by atoms with Gasteiger partial charge in [-0.2, -0.15) is 0 Å². The normalized spacial score (nSPS) is 12.5. The molecule has 0 radical (unpaired) electrons. The first kappa shape index (κ1) is 35.3. The summed E-state index contributed by atoms with van der Waals surface area (Å²) in [5, 5.41) is 24.9. The molecule has 0 bridgehead atoms. The molecule has 1 aromatic carbocycles. The smallest absolute Gasteiger partial charge is 0.242 e. The maximum atomic E-state index is 12.7. The third-order valence-electron chi connectivity index (χ3n) is 6.43. The fourth-order valence-corrected chi connectivity index (χ4v) is 4.06. The Morgan fingerprint density at radius 2 is 1.38 bits per heavy atom. The quantitative estimate of drug-likeness (QED) is 0.0843. The summed E-state index contributed by atoms with van der Waals surface area (Å²) in [5.41, 5.74) is 12.2. The average molecular weight is 564 g/mol. The van der Waals surface area contributed by atoms with E-state index in [9.17, 15) is 19.5 Å². The van der Waals surface area contributed by atoms with E-state index in [2.05, 4.69) is 26.6 Å². The van der Waals surface area contributed by atoms with Crippen LogP contribution in [0.4, 0.5) is 0 Å². The molecular weight excluding hydrogens is 510 g/mol. The van der Waals surface area contributed by atoms with E-state index in [0.29, 0.717) is 45.3 Å². The molecule has 228 valence electrons. The van der Waals surface area contributed by atoms with Gasteiger partial charge in [-0.25, -0.2) is 0 Å². The van der Waals surface area contributed by atoms with Gasteiger partial charge in [0.25, 0.3) is 0 Å². The molecule has 0 aliphatic rings. The summed E-state index contributed by atoms with van der Waals surface area (Å²) in [5.74, 6) is -0.264. The van der Waals surface area contributed by atoms with Gasteiger partial charge < -0.3 is 43.2 Å². The summed E-state index contributed by atoms with van der Waals surface area (Å²) in [6, 6.07) is 5.56.